The van der Waals surface area contributed by atoms with Crippen molar-refractivity contribution < 1.29 is 14.3 Å². The monoisotopic (exact) mass is 413 g/mol. The first-order valence-corrected chi connectivity index (χ1v) is 10.1. The molecule has 3 rings (SSSR count). The molecule has 9 heteroatoms. The highest BCUT2D eigenvalue weighted by molar-refractivity contribution is 7.14. The minimum Gasteiger partial charge on any atom is -0.462 e. The number of carbonyl (C=O) groups excluding carboxylic acids is 2. The lowest BCUT2D eigenvalue weighted by Crippen LogP contribution is -2.32. The maximum atomic E-state index is 12.5. The molecule has 0 aliphatic carbocycles. The molecule has 1 amide bonds. The van der Waals surface area contributed by atoms with Gasteiger partial charge in [-0.15, -0.1) is 11.3 Å². The van der Waals surface area contributed by atoms with E-state index >= 15 is 0 Å². The van der Waals surface area contributed by atoms with Crippen LogP contribution in [0.15, 0.2) is 48.4 Å². The van der Waals surface area contributed by atoms with Crippen LogP contribution in [-0.4, -0.2) is 51.7 Å². The number of hydrogen-bond acceptors (Lipinski definition) is 7. The second-order valence-electron chi connectivity index (χ2n) is 6.45. The molecule has 3 aromatic rings. The van der Waals surface area contributed by atoms with Crippen LogP contribution in [0.2, 0.25) is 0 Å². The van der Waals surface area contributed by atoms with Crippen LogP contribution in [0.1, 0.15) is 35.8 Å². The van der Waals surface area contributed by atoms with Crippen LogP contribution in [0.4, 0.5) is 5.00 Å². The van der Waals surface area contributed by atoms with Gasteiger partial charge in [0, 0.05) is 6.04 Å². The first-order valence-electron chi connectivity index (χ1n) is 9.19. The van der Waals surface area contributed by atoms with Gasteiger partial charge in [0.25, 0.3) is 0 Å². The fourth-order valence-electron chi connectivity index (χ4n) is 2.81. The molecule has 8 nitrogen and oxygen atoms in total. The number of hydrogen-bond donors (Lipinski definition) is 1. The summed E-state index contributed by atoms with van der Waals surface area (Å²) in [5.74, 6) is -0.621. The van der Waals surface area contributed by atoms with Crippen molar-refractivity contribution in [1.82, 2.24) is 19.7 Å². The molecule has 0 aliphatic heterocycles. The maximum Gasteiger partial charge on any atom is 0.341 e. The van der Waals surface area contributed by atoms with E-state index < -0.39 is 5.97 Å². The Morgan fingerprint density at radius 3 is 2.69 bits per heavy atom. The molecule has 29 heavy (non-hydrogen) atoms. The van der Waals surface area contributed by atoms with E-state index in [0.717, 1.165) is 11.3 Å². The number of amides is 1. The quantitative estimate of drug-likeness (QED) is 0.571. The van der Waals surface area contributed by atoms with Crippen LogP contribution in [0.5, 0.6) is 0 Å². The lowest BCUT2D eigenvalue weighted by molar-refractivity contribution is -0.117. The molecule has 0 saturated heterocycles. The summed E-state index contributed by atoms with van der Waals surface area (Å²) in [6, 6.07) is 9.62. The average Bonchev–Trinajstić information content (AvgIpc) is 3.40. The number of nitrogens with one attached hydrogen (secondary N) is 1. The van der Waals surface area contributed by atoms with Gasteiger partial charge >= 0.3 is 5.97 Å². The van der Waals surface area contributed by atoms with E-state index in [9.17, 15) is 9.59 Å². The second kappa shape index (κ2) is 9.44. The van der Waals surface area contributed by atoms with E-state index in [0.29, 0.717) is 10.6 Å². The fourth-order valence-corrected chi connectivity index (χ4v) is 3.60. The normalized spacial score (nSPS) is 12.0. The Morgan fingerprint density at radius 2 is 2.03 bits per heavy atom. The predicted molar refractivity (Wildman–Crippen MR) is 111 cm³/mol. The number of aromatic nitrogens is 3. The fraction of sp³-hybridized carbons (Fsp3) is 0.300. The number of nitrogens with zero attached hydrogens (tertiary/aromatic N) is 4. The maximum absolute atomic E-state index is 12.5. The van der Waals surface area contributed by atoms with Crippen molar-refractivity contribution in [2.45, 2.75) is 19.9 Å². The highest BCUT2D eigenvalue weighted by Gasteiger charge is 2.19. The second-order valence-corrected chi connectivity index (χ2v) is 7.37. The summed E-state index contributed by atoms with van der Waals surface area (Å²) in [5, 5.41) is 9.19. The number of anilines is 1. The van der Waals surface area contributed by atoms with E-state index in [2.05, 4.69) is 15.4 Å². The molecule has 1 aromatic carbocycles. The SMILES string of the molecule is CCOC(=O)c1ccsc1NC(=O)CN(C)C(C)c1ccc(-n2cncn2)cc1. The molecule has 2 aromatic heterocycles. The Balaban J connectivity index is 1.59. The standard InChI is InChI=1S/C20H23N5O3S/c1-4-28-20(27)17-9-10-29-19(17)23-18(26)11-24(3)14(2)15-5-7-16(8-6-15)25-13-21-12-22-25/h5-10,12-14H,4,11H2,1-3H3,(H,23,26). The van der Waals surface area contributed by atoms with E-state index in [-0.39, 0.29) is 25.1 Å². The molecule has 0 aliphatic rings. The first-order chi connectivity index (χ1) is 14.0. The summed E-state index contributed by atoms with van der Waals surface area (Å²) < 4.78 is 6.71. The van der Waals surface area contributed by atoms with Gasteiger partial charge in [-0.05, 0) is 50.0 Å². The smallest absolute Gasteiger partial charge is 0.341 e. The molecule has 0 fully saturated rings. The minimum absolute atomic E-state index is 0.0263. The molecule has 152 valence electrons. The van der Waals surface area contributed by atoms with Crippen molar-refractivity contribution in [2.24, 2.45) is 0 Å². The van der Waals surface area contributed by atoms with Crippen molar-refractivity contribution in [1.29, 1.82) is 0 Å². The number of carbonyl (C=O) groups is 2. The third kappa shape index (κ3) is 5.07. The van der Waals surface area contributed by atoms with Gasteiger partial charge in [0.05, 0.1) is 24.4 Å². The van der Waals surface area contributed by atoms with Gasteiger partial charge in [0.1, 0.15) is 17.7 Å². The van der Waals surface area contributed by atoms with E-state index in [4.69, 9.17) is 4.74 Å². The van der Waals surface area contributed by atoms with Crippen LogP contribution in [-0.2, 0) is 9.53 Å². The third-order valence-electron chi connectivity index (χ3n) is 4.53. The summed E-state index contributed by atoms with van der Waals surface area (Å²) in [6.07, 6.45) is 3.13. The van der Waals surface area contributed by atoms with Crippen molar-refractivity contribution >= 4 is 28.2 Å². The van der Waals surface area contributed by atoms with Gasteiger partial charge in [-0.2, -0.15) is 5.10 Å². The summed E-state index contributed by atoms with van der Waals surface area (Å²) in [6.45, 7) is 4.26. The lowest BCUT2D eigenvalue weighted by atomic mass is 10.1. The van der Waals surface area contributed by atoms with Crippen LogP contribution in [0.25, 0.3) is 5.69 Å². The summed E-state index contributed by atoms with van der Waals surface area (Å²) in [7, 11) is 1.89. The average molecular weight is 414 g/mol. The molecule has 0 bridgehead atoms. The Labute approximate surface area is 173 Å². The van der Waals surface area contributed by atoms with Gasteiger partial charge in [0.2, 0.25) is 5.91 Å². The molecule has 2 heterocycles. The number of likely N-dealkylation sites (N-methyl/N-ethyl adjacent to an activating group) is 1. The summed E-state index contributed by atoms with van der Waals surface area (Å²) >= 11 is 1.30. The molecular formula is C20H23N5O3S. The van der Waals surface area contributed by atoms with Gasteiger partial charge in [0.15, 0.2) is 0 Å². The van der Waals surface area contributed by atoms with E-state index in [1.54, 1.807) is 29.4 Å². The van der Waals surface area contributed by atoms with Crippen molar-refractivity contribution in [3.8, 4) is 5.69 Å². The van der Waals surface area contributed by atoms with E-state index in [1.165, 1.54) is 17.7 Å². The molecule has 0 saturated carbocycles. The molecule has 0 spiro atoms. The number of ether oxygens (including phenoxy) is 1. The van der Waals surface area contributed by atoms with E-state index in [1.807, 2.05) is 43.1 Å². The number of esters is 1. The summed E-state index contributed by atoms with van der Waals surface area (Å²) in [5.41, 5.74) is 2.38. The molecule has 1 unspecified atom stereocenters. The minimum atomic E-state index is -0.432. The Hall–Kier alpha value is -3.04. The zero-order valence-corrected chi connectivity index (χ0v) is 17.3. The zero-order chi connectivity index (χ0) is 20.8. The van der Waals surface area contributed by atoms with Crippen LogP contribution in [0, 0.1) is 0 Å². The van der Waals surface area contributed by atoms with Crippen LogP contribution < -0.4 is 5.32 Å². The molecule has 0 radical (unpaired) electrons. The Morgan fingerprint density at radius 1 is 1.28 bits per heavy atom. The number of thiophene rings is 1. The van der Waals surface area contributed by atoms with Gasteiger partial charge in [-0.3, -0.25) is 9.69 Å². The van der Waals surface area contributed by atoms with Crippen LogP contribution in [0.3, 0.4) is 0 Å². The van der Waals surface area contributed by atoms with Crippen molar-refractivity contribution in [2.75, 3.05) is 25.5 Å². The third-order valence-corrected chi connectivity index (χ3v) is 5.36. The predicted octanol–water partition coefficient (Wildman–Crippen LogP) is 3.14. The summed E-state index contributed by atoms with van der Waals surface area (Å²) in [4.78, 5) is 30.3. The molecule has 1 atom stereocenters. The van der Waals surface area contributed by atoms with Crippen LogP contribution >= 0.6 is 11.3 Å². The molecular weight excluding hydrogens is 390 g/mol. The van der Waals surface area contributed by atoms with Gasteiger partial charge in [-0.1, -0.05) is 12.1 Å². The largest absolute Gasteiger partial charge is 0.462 e. The van der Waals surface area contributed by atoms with Crippen molar-refractivity contribution in [3.05, 3.63) is 59.5 Å². The Kier molecular flexibility index (Phi) is 6.73. The number of benzene rings is 1. The first kappa shape index (κ1) is 20.7. The van der Waals surface area contributed by atoms with Gasteiger partial charge in [-0.25, -0.2) is 14.5 Å². The van der Waals surface area contributed by atoms with Crippen molar-refractivity contribution in [3.63, 3.8) is 0 Å². The Bertz CT molecular complexity index is 953. The highest BCUT2D eigenvalue weighted by Crippen LogP contribution is 2.25. The van der Waals surface area contributed by atoms with Gasteiger partial charge < -0.3 is 10.1 Å². The zero-order valence-electron chi connectivity index (χ0n) is 16.5. The number of rotatable bonds is 8. The lowest BCUT2D eigenvalue weighted by Gasteiger charge is -2.24. The highest BCUT2D eigenvalue weighted by atomic mass is 32.1. The molecule has 1 N–H and O–H groups in total. The topological polar surface area (TPSA) is 89.4 Å².